The van der Waals surface area contributed by atoms with Gasteiger partial charge >= 0.3 is 5.97 Å². The van der Waals surface area contributed by atoms with Crippen molar-refractivity contribution >= 4 is 5.97 Å². The lowest BCUT2D eigenvalue weighted by Gasteiger charge is -2.47. The van der Waals surface area contributed by atoms with E-state index >= 15 is 0 Å². The molecule has 1 aromatic rings. The van der Waals surface area contributed by atoms with E-state index in [-0.39, 0.29) is 12.7 Å². The topological polar surface area (TPSA) is 92.7 Å². The molecule has 1 saturated carbocycles. The standard InChI is InChI=1S/C24H30O8/c1-7-8-23-11-18(28-5)21(32-14(3)25)24(29-6,22(23)26)19(13(23)2)15-9-16(27-4)20-17(10-15)30-12-31-20/h7,9-11,13,19,21-22,26H,1,8,12H2,2-6H3/t13-,19+,21+,22-,23+,24-/m1/s1. The van der Waals surface area contributed by atoms with Crippen LogP contribution >= 0.6 is 0 Å². The van der Waals surface area contributed by atoms with Crippen molar-refractivity contribution < 1.29 is 38.3 Å². The minimum Gasteiger partial charge on any atom is -0.497 e. The van der Waals surface area contributed by atoms with Crippen LogP contribution in [0.2, 0.25) is 0 Å². The van der Waals surface area contributed by atoms with Gasteiger partial charge in [-0.2, -0.15) is 0 Å². The van der Waals surface area contributed by atoms with Crippen molar-refractivity contribution in [2.75, 3.05) is 28.1 Å². The zero-order valence-corrected chi connectivity index (χ0v) is 19.0. The third-order valence-electron chi connectivity index (χ3n) is 7.26. The van der Waals surface area contributed by atoms with E-state index in [4.69, 9.17) is 28.4 Å². The Morgan fingerprint density at radius 2 is 2.03 bits per heavy atom. The van der Waals surface area contributed by atoms with Crippen LogP contribution in [0.15, 0.2) is 36.6 Å². The number of fused-ring (bicyclic) bond motifs is 3. The number of esters is 1. The molecule has 1 heterocycles. The lowest BCUT2D eigenvalue weighted by molar-refractivity contribution is -0.199. The fourth-order valence-electron chi connectivity index (χ4n) is 5.93. The SMILES string of the molecule is C=CC[C@]12C=C(OC)[C@H](OC(C)=O)[C@](OC)([C@H](c3cc(OC)c4c(c3)OCO4)[C@H]1C)[C@@H]2O. The van der Waals surface area contributed by atoms with Gasteiger partial charge in [-0.1, -0.05) is 13.0 Å². The fourth-order valence-corrected chi connectivity index (χ4v) is 5.93. The highest BCUT2D eigenvalue weighted by Crippen LogP contribution is 2.66. The van der Waals surface area contributed by atoms with E-state index in [0.29, 0.717) is 29.4 Å². The molecule has 0 unspecified atom stereocenters. The van der Waals surface area contributed by atoms with E-state index in [2.05, 4.69) is 13.5 Å². The van der Waals surface area contributed by atoms with Crippen molar-refractivity contribution in [2.24, 2.45) is 11.3 Å². The maximum atomic E-state index is 12.1. The largest absolute Gasteiger partial charge is 0.497 e. The highest BCUT2D eigenvalue weighted by molar-refractivity contribution is 5.67. The Morgan fingerprint density at radius 3 is 2.62 bits per heavy atom. The lowest BCUT2D eigenvalue weighted by atomic mass is 9.69. The van der Waals surface area contributed by atoms with Crippen LogP contribution in [0, 0.1) is 11.3 Å². The van der Waals surface area contributed by atoms with Gasteiger partial charge in [0.2, 0.25) is 12.5 Å². The highest BCUT2D eigenvalue weighted by Gasteiger charge is 2.73. The quantitative estimate of drug-likeness (QED) is 0.505. The Bertz CT molecular complexity index is 956. The van der Waals surface area contributed by atoms with Gasteiger partial charge in [0, 0.05) is 25.4 Å². The van der Waals surface area contributed by atoms with E-state index in [1.807, 2.05) is 18.2 Å². The molecule has 4 rings (SSSR count). The molecule has 0 spiro atoms. The number of benzene rings is 1. The van der Waals surface area contributed by atoms with Crippen LogP contribution in [0.1, 0.15) is 31.7 Å². The fraction of sp³-hybridized carbons (Fsp3) is 0.542. The van der Waals surface area contributed by atoms with Crippen LogP contribution in [-0.2, 0) is 19.0 Å². The molecule has 1 aromatic carbocycles. The van der Waals surface area contributed by atoms with Crippen LogP contribution in [0.4, 0.5) is 0 Å². The smallest absolute Gasteiger partial charge is 0.303 e. The lowest BCUT2D eigenvalue weighted by Crippen LogP contribution is -2.60. The van der Waals surface area contributed by atoms with Crippen LogP contribution in [0.25, 0.3) is 0 Å². The molecule has 1 fully saturated rings. The molecule has 3 aliphatic rings. The monoisotopic (exact) mass is 446 g/mol. The molecule has 174 valence electrons. The summed E-state index contributed by atoms with van der Waals surface area (Å²) in [7, 11) is 4.60. The molecule has 2 bridgehead atoms. The number of hydrogen-bond acceptors (Lipinski definition) is 8. The zero-order valence-electron chi connectivity index (χ0n) is 19.0. The number of rotatable bonds is 7. The second kappa shape index (κ2) is 8.01. The minimum atomic E-state index is -1.31. The molecule has 0 amide bonds. The molecule has 0 radical (unpaired) electrons. The Hall–Kier alpha value is -2.71. The maximum Gasteiger partial charge on any atom is 0.303 e. The molecule has 1 N–H and O–H groups in total. The van der Waals surface area contributed by atoms with E-state index in [1.54, 1.807) is 13.2 Å². The van der Waals surface area contributed by atoms with Crippen molar-refractivity contribution in [3.05, 3.63) is 42.2 Å². The number of carbonyl (C=O) groups is 1. The van der Waals surface area contributed by atoms with E-state index in [1.165, 1.54) is 21.1 Å². The van der Waals surface area contributed by atoms with Crippen molar-refractivity contribution in [3.63, 3.8) is 0 Å². The summed E-state index contributed by atoms with van der Waals surface area (Å²) in [6, 6.07) is 3.74. The van der Waals surface area contributed by atoms with Gasteiger partial charge in [0.1, 0.15) is 11.4 Å². The highest BCUT2D eigenvalue weighted by atomic mass is 16.7. The summed E-state index contributed by atoms with van der Waals surface area (Å²) in [5.41, 5.74) is -1.24. The summed E-state index contributed by atoms with van der Waals surface area (Å²) >= 11 is 0. The van der Waals surface area contributed by atoms with Gasteiger partial charge in [-0.05, 0) is 36.1 Å². The first-order valence-corrected chi connectivity index (χ1v) is 10.6. The summed E-state index contributed by atoms with van der Waals surface area (Å²) < 4.78 is 34.3. The number of ether oxygens (including phenoxy) is 6. The summed E-state index contributed by atoms with van der Waals surface area (Å²) in [4.78, 5) is 12.1. The number of allylic oxidation sites excluding steroid dienone is 1. The molecule has 8 nitrogen and oxygen atoms in total. The third-order valence-corrected chi connectivity index (χ3v) is 7.26. The number of methoxy groups -OCH3 is 3. The molecule has 8 heteroatoms. The zero-order chi connectivity index (χ0) is 23.3. The van der Waals surface area contributed by atoms with E-state index in [9.17, 15) is 9.90 Å². The minimum absolute atomic E-state index is 0.0965. The van der Waals surface area contributed by atoms with Gasteiger partial charge < -0.3 is 33.5 Å². The first kappa shape index (κ1) is 22.5. The Balaban J connectivity index is 1.98. The Morgan fingerprint density at radius 1 is 1.28 bits per heavy atom. The first-order valence-electron chi connectivity index (χ1n) is 10.6. The molecule has 0 saturated heterocycles. The molecule has 1 aliphatic heterocycles. The summed E-state index contributed by atoms with van der Waals surface area (Å²) in [6.07, 6.45) is 2.18. The average Bonchev–Trinajstić information content (AvgIpc) is 3.29. The third kappa shape index (κ3) is 2.85. The first-order chi connectivity index (χ1) is 15.3. The Kier molecular flexibility index (Phi) is 5.63. The van der Waals surface area contributed by atoms with Crippen LogP contribution in [-0.4, -0.2) is 57.0 Å². The van der Waals surface area contributed by atoms with Gasteiger partial charge in [0.05, 0.1) is 20.3 Å². The van der Waals surface area contributed by atoms with Gasteiger partial charge in [0.25, 0.3) is 0 Å². The van der Waals surface area contributed by atoms with Gasteiger partial charge in [0.15, 0.2) is 17.6 Å². The number of aliphatic hydroxyl groups is 1. The maximum absolute atomic E-state index is 12.1. The molecular formula is C24H30O8. The van der Waals surface area contributed by atoms with E-state index in [0.717, 1.165) is 5.56 Å². The van der Waals surface area contributed by atoms with Crippen molar-refractivity contribution in [1.82, 2.24) is 0 Å². The number of carbonyl (C=O) groups excluding carboxylic acids is 1. The van der Waals surface area contributed by atoms with Crippen LogP contribution < -0.4 is 14.2 Å². The number of aliphatic hydroxyl groups excluding tert-OH is 1. The predicted molar refractivity (Wildman–Crippen MR) is 115 cm³/mol. The number of hydrogen-bond donors (Lipinski definition) is 1. The van der Waals surface area contributed by atoms with Crippen molar-refractivity contribution in [3.8, 4) is 17.2 Å². The molecule has 6 atom stereocenters. The summed E-state index contributed by atoms with van der Waals surface area (Å²) in [5, 5.41) is 11.8. The van der Waals surface area contributed by atoms with E-state index < -0.39 is 35.1 Å². The van der Waals surface area contributed by atoms with Gasteiger partial charge in [-0.25, -0.2) is 0 Å². The molecular weight excluding hydrogens is 416 g/mol. The van der Waals surface area contributed by atoms with Crippen LogP contribution in [0.5, 0.6) is 17.2 Å². The predicted octanol–water partition coefficient (Wildman–Crippen LogP) is 2.94. The summed E-state index contributed by atoms with van der Waals surface area (Å²) in [6.45, 7) is 7.38. The average molecular weight is 446 g/mol. The molecule has 32 heavy (non-hydrogen) atoms. The van der Waals surface area contributed by atoms with Gasteiger partial charge in [-0.15, -0.1) is 6.58 Å². The van der Waals surface area contributed by atoms with Gasteiger partial charge in [-0.3, -0.25) is 4.79 Å². The Labute approximate surface area is 187 Å². The summed E-state index contributed by atoms with van der Waals surface area (Å²) in [5.74, 6) is 0.993. The molecule has 0 aromatic heterocycles. The normalized spacial score (nSPS) is 34.6. The molecule has 2 aliphatic carbocycles. The van der Waals surface area contributed by atoms with Crippen molar-refractivity contribution in [1.29, 1.82) is 0 Å². The second-order valence-corrected chi connectivity index (χ2v) is 8.53. The van der Waals surface area contributed by atoms with Crippen molar-refractivity contribution in [2.45, 2.75) is 44.0 Å². The van der Waals surface area contributed by atoms with Crippen LogP contribution in [0.3, 0.4) is 0 Å². The second-order valence-electron chi connectivity index (χ2n) is 8.53.